The van der Waals surface area contributed by atoms with Crippen molar-refractivity contribution in [3.05, 3.63) is 84.4 Å². The predicted molar refractivity (Wildman–Crippen MR) is 94.4 cm³/mol. The van der Waals surface area contributed by atoms with Crippen LogP contribution in [-0.2, 0) is 11.3 Å². The highest BCUT2D eigenvalue weighted by Crippen LogP contribution is 2.21. The highest BCUT2D eigenvalue weighted by atomic mass is 16.5. The summed E-state index contributed by atoms with van der Waals surface area (Å²) in [6.07, 6.45) is 3.24. The summed E-state index contributed by atoms with van der Waals surface area (Å²) in [5, 5.41) is 0. The molecular formula is C21H24O2. The van der Waals surface area contributed by atoms with E-state index in [4.69, 9.17) is 4.74 Å². The van der Waals surface area contributed by atoms with Crippen LogP contribution in [0.25, 0.3) is 0 Å². The van der Waals surface area contributed by atoms with Gasteiger partial charge in [0.1, 0.15) is 6.10 Å². The maximum atomic E-state index is 12.9. The van der Waals surface area contributed by atoms with Crippen LogP contribution in [-0.4, -0.2) is 11.9 Å². The second-order valence-electron chi connectivity index (χ2n) is 5.64. The van der Waals surface area contributed by atoms with Gasteiger partial charge in [-0.05, 0) is 12.0 Å². The van der Waals surface area contributed by atoms with Gasteiger partial charge in [-0.25, -0.2) is 0 Å². The van der Waals surface area contributed by atoms with Gasteiger partial charge >= 0.3 is 0 Å². The lowest BCUT2D eigenvalue weighted by Gasteiger charge is -2.24. The summed E-state index contributed by atoms with van der Waals surface area (Å²) < 4.78 is 6.03. The molecule has 0 saturated carbocycles. The van der Waals surface area contributed by atoms with E-state index in [1.54, 1.807) is 0 Å². The number of hydrogen-bond donors (Lipinski definition) is 0. The molecule has 2 atom stereocenters. The Balaban J connectivity index is 2.17. The van der Waals surface area contributed by atoms with Crippen LogP contribution in [0.4, 0.5) is 0 Å². The Morgan fingerprint density at radius 2 is 1.70 bits per heavy atom. The topological polar surface area (TPSA) is 26.3 Å². The fourth-order valence-electron chi connectivity index (χ4n) is 2.65. The molecule has 0 saturated heterocycles. The summed E-state index contributed by atoms with van der Waals surface area (Å²) in [7, 11) is 0. The third-order valence-corrected chi connectivity index (χ3v) is 3.90. The molecule has 2 nitrogen and oxygen atoms in total. The Bertz CT molecular complexity index is 604. The van der Waals surface area contributed by atoms with Crippen molar-refractivity contribution in [1.29, 1.82) is 0 Å². The lowest BCUT2D eigenvalue weighted by atomic mass is 9.91. The minimum absolute atomic E-state index is 0.0245. The predicted octanol–water partition coefficient (Wildman–Crippen LogP) is 5.06. The average Bonchev–Trinajstić information content (AvgIpc) is 2.62. The quantitative estimate of drug-likeness (QED) is 0.478. The molecule has 0 aliphatic carbocycles. The van der Waals surface area contributed by atoms with Crippen LogP contribution < -0.4 is 0 Å². The smallest absolute Gasteiger partial charge is 0.192 e. The Morgan fingerprint density at radius 3 is 2.26 bits per heavy atom. The first-order valence-corrected chi connectivity index (χ1v) is 8.13. The molecule has 0 unspecified atom stereocenters. The highest BCUT2D eigenvalue weighted by molar-refractivity contribution is 5.99. The van der Waals surface area contributed by atoms with Gasteiger partial charge in [0.15, 0.2) is 5.78 Å². The molecule has 0 heterocycles. The SMILES string of the molecule is C=C[C@H](CCC)[C@H](OCc1ccccc1)C(=O)c1ccccc1. The molecule has 0 aliphatic rings. The molecule has 0 fully saturated rings. The Hall–Kier alpha value is -2.19. The minimum Gasteiger partial charge on any atom is -0.365 e. The largest absolute Gasteiger partial charge is 0.365 e. The monoisotopic (exact) mass is 308 g/mol. The van der Waals surface area contributed by atoms with E-state index in [0.29, 0.717) is 12.2 Å². The van der Waals surface area contributed by atoms with Crippen LogP contribution in [0.1, 0.15) is 35.7 Å². The molecule has 0 spiro atoms. The summed E-state index contributed by atoms with van der Waals surface area (Å²) in [6.45, 7) is 6.44. The van der Waals surface area contributed by atoms with Gasteiger partial charge in [0.2, 0.25) is 0 Å². The number of ether oxygens (including phenoxy) is 1. The van der Waals surface area contributed by atoms with Crippen LogP contribution in [0.15, 0.2) is 73.3 Å². The molecule has 2 aromatic carbocycles. The van der Waals surface area contributed by atoms with E-state index in [2.05, 4.69) is 13.5 Å². The zero-order chi connectivity index (χ0) is 16.5. The molecule has 23 heavy (non-hydrogen) atoms. The molecule has 2 aromatic rings. The van der Waals surface area contributed by atoms with Crippen molar-refractivity contribution in [2.75, 3.05) is 0 Å². The third kappa shape index (κ3) is 4.90. The number of benzene rings is 2. The summed E-state index contributed by atoms with van der Waals surface area (Å²) in [4.78, 5) is 12.9. The maximum absolute atomic E-state index is 12.9. The number of carbonyl (C=O) groups is 1. The fraction of sp³-hybridized carbons (Fsp3) is 0.286. The van der Waals surface area contributed by atoms with E-state index < -0.39 is 6.10 Å². The first kappa shape index (κ1) is 17.2. The lowest BCUT2D eigenvalue weighted by Crippen LogP contribution is -2.31. The van der Waals surface area contributed by atoms with Crippen molar-refractivity contribution in [2.45, 2.75) is 32.5 Å². The van der Waals surface area contributed by atoms with Gasteiger partial charge in [0.05, 0.1) is 6.61 Å². The molecule has 0 radical (unpaired) electrons. The lowest BCUT2D eigenvalue weighted by molar-refractivity contribution is 0.0154. The van der Waals surface area contributed by atoms with Crippen molar-refractivity contribution < 1.29 is 9.53 Å². The average molecular weight is 308 g/mol. The van der Waals surface area contributed by atoms with Gasteiger partial charge in [0.25, 0.3) is 0 Å². The van der Waals surface area contributed by atoms with Crippen molar-refractivity contribution >= 4 is 5.78 Å². The van der Waals surface area contributed by atoms with Gasteiger partial charge in [-0.1, -0.05) is 80.1 Å². The van der Waals surface area contributed by atoms with E-state index in [1.165, 1.54) is 0 Å². The van der Waals surface area contributed by atoms with Crippen molar-refractivity contribution in [2.24, 2.45) is 5.92 Å². The third-order valence-electron chi connectivity index (χ3n) is 3.90. The van der Waals surface area contributed by atoms with E-state index in [1.807, 2.05) is 66.7 Å². The molecule has 0 amide bonds. The number of carbonyl (C=O) groups excluding carboxylic acids is 1. The number of hydrogen-bond acceptors (Lipinski definition) is 2. The number of ketones is 1. The summed E-state index contributed by atoms with van der Waals surface area (Å²) in [5.74, 6) is 0.0521. The molecule has 120 valence electrons. The van der Waals surface area contributed by atoms with E-state index >= 15 is 0 Å². The van der Waals surface area contributed by atoms with Crippen molar-refractivity contribution in [1.82, 2.24) is 0 Å². The van der Waals surface area contributed by atoms with Gasteiger partial charge in [0, 0.05) is 11.5 Å². The molecular weight excluding hydrogens is 284 g/mol. The summed E-state index contributed by atoms with van der Waals surface area (Å²) in [6, 6.07) is 19.3. The van der Waals surface area contributed by atoms with Crippen molar-refractivity contribution in [3.8, 4) is 0 Å². The maximum Gasteiger partial charge on any atom is 0.192 e. The number of rotatable bonds is 9. The van der Waals surface area contributed by atoms with Crippen LogP contribution in [0.3, 0.4) is 0 Å². The molecule has 0 bridgehead atoms. The van der Waals surface area contributed by atoms with E-state index in [-0.39, 0.29) is 11.7 Å². The van der Waals surface area contributed by atoms with Crippen LogP contribution in [0.5, 0.6) is 0 Å². The normalized spacial score (nSPS) is 13.3. The zero-order valence-corrected chi connectivity index (χ0v) is 13.7. The zero-order valence-electron chi connectivity index (χ0n) is 13.7. The summed E-state index contributed by atoms with van der Waals surface area (Å²) >= 11 is 0. The number of Topliss-reactive ketones (excluding diaryl/α,β-unsaturated/α-hetero) is 1. The summed E-state index contributed by atoms with van der Waals surface area (Å²) in [5.41, 5.74) is 1.76. The highest BCUT2D eigenvalue weighted by Gasteiger charge is 2.27. The van der Waals surface area contributed by atoms with E-state index in [9.17, 15) is 4.79 Å². The fourth-order valence-corrected chi connectivity index (χ4v) is 2.65. The van der Waals surface area contributed by atoms with Crippen LogP contribution in [0, 0.1) is 5.92 Å². The van der Waals surface area contributed by atoms with Crippen LogP contribution in [0.2, 0.25) is 0 Å². The molecule has 0 aromatic heterocycles. The van der Waals surface area contributed by atoms with E-state index in [0.717, 1.165) is 18.4 Å². The molecule has 0 aliphatic heterocycles. The first-order valence-electron chi connectivity index (χ1n) is 8.13. The second-order valence-corrected chi connectivity index (χ2v) is 5.64. The minimum atomic E-state index is -0.491. The standard InChI is InChI=1S/C21H24O2/c1-3-11-18(4-2)21(20(22)19-14-9-6-10-15-19)23-16-17-12-7-5-8-13-17/h4-10,12-15,18,21H,2-3,11,16H2,1H3/t18-,21+/m1/s1. The Morgan fingerprint density at radius 1 is 1.09 bits per heavy atom. The van der Waals surface area contributed by atoms with Crippen molar-refractivity contribution in [3.63, 3.8) is 0 Å². The molecule has 2 heteroatoms. The Kier molecular flexibility index (Phi) is 6.76. The van der Waals surface area contributed by atoms with Gasteiger partial charge in [-0.15, -0.1) is 6.58 Å². The molecule has 2 rings (SSSR count). The second kappa shape index (κ2) is 9.06. The van der Waals surface area contributed by atoms with Crippen LogP contribution >= 0.6 is 0 Å². The first-order chi connectivity index (χ1) is 11.3. The molecule has 0 N–H and O–H groups in total. The van der Waals surface area contributed by atoms with Gasteiger partial charge in [-0.2, -0.15) is 0 Å². The van der Waals surface area contributed by atoms with Gasteiger partial charge in [-0.3, -0.25) is 4.79 Å². The Labute approximate surface area is 138 Å². The van der Waals surface area contributed by atoms with Gasteiger partial charge < -0.3 is 4.74 Å².